The van der Waals surface area contributed by atoms with Gasteiger partial charge >= 0.3 is 0 Å². The number of aryl methyl sites for hydroxylation is 1. The van der Waals surface area contributed by atoms with Crippen LogP contribution in [0.2, 0.25) is 0 Å². The molecule has 1 aliphatic rings. The van der Waals surface area contributed by atoms with Crippen molar-refractivity contribution in [1.82, 2.24) is 9.80 Å². The Morgan fingerprint density at radius 2 is 1.40 bits per heavy atom. The monoisotopic (exact) mass is 473 g/mol. The number of hydrogen-bond acceptors (Lipinski definition) is 5. The summed E-state index contributed by atoms with van der Waals surface area (Å²) in [5, 5.41) is 13.7. The van der Waals surface area contributed by atoms with Gasteiger partial charge in [-0.25, -0.2) is 0 Å². The highest BCUT2D eigenvalue weighted by Gasteiger charge is 2.22. The van der Waals surface area contributed by atoms with Crippen LogP contribution in [-0.4, -0.2) is 72.8 Å². The predicted octanol–water partition coefficient (Wildman–Crippen LogP) is 3.72. The number of nitrogens with zero attached hydrogens (tertiary/aromatic N) is 2. The average Bonchev–Trinajstić information content (AvgIpc) is 2.88. The quantitative estimate of drug-likeness (QED) is 0.470. The lowest BCUT2D eigenvalue weighted by Gasteiger charge is -2.35. The number of hydrogen-bond donors (Lipinski definition) is 2. The Bertz CT molecular complexity index is 996. The summed E-state index contributed by atoms with van der Waals surface area (Å²) in [5.74, 6) is 0.00334. The van der Waals surface area contributed by atoms with Gasteiger partial charge in [0.05, 0.1) is 19.3 Å². The third-order valence-electron chi connectivity index (χ3n) is 6.30. The zero-order valence-corrected chi connectivity index (χ0v) is 20.3. The summed E-state index contributed by atoms with van der Waals surface area (Å²) < 4.78 is 6.22. The second kappa shape index (κ2) is 12.6. The van der Waals surface area contributed by atoms with Gasteiger partial charge in [-0.05, 0) is 30.2 Å². The number of aliphatic hydroxyl groups is 1. The molecular formula is C29H35N3O3. The van der Waals surface area contributed by atoms with Crippen molar-refractivity contribution in [3.8, 4) is 0 Å². The molecule has 184 valence electrons. The van der Waals surface area contributed by atoms with Gasteiger partial charge in [0, 0.05) is 38.4 Å². The standard InChI is InChI=1S/C29H35N3O3/c1-23-12-14-26(15-13-23)30-28(34)21-32-18-16-31(17-19-32)20-27(33)22-35-29(24-8-4-2-5-9-24)25-10-6-3-7-11-25/h2-15,27,29,33H,16-22H2,1H3,(H,30,34). The molecule has 0 spiro atoms. The number of benzene rings is 3. The number of carbonyl (C=O) groups is 1. The number of piperazine rings is 1. The van der Waals surface area contributed by atoms with Crippen LogP contribution in [0.4, 0.5) is 5.69 Å². The fraction of sp³-hybridized carbons (Fsp3) is 0.345. The molecule has 1 fully saturated rings. The second-order valence-electron chi connectivity index (χ2n) is 9.18. The Morgan fingerprint density at radius 1 is 0.857 bits per heavy atom. The van der Waals surface area contributed by atoms with E-state index >= 15 is 0 Å². The molecule has 0 aliphatic carbocycles. The van der Waals surface area contributed by atoms with Crippen molar-refractivity contribution >= 4 is 11.6 Å². The van der Waals surface area contributed by atoms with E-state index in [1.165, 1.54) is 5.56 Å². The number of β-amino-alcohol motifs (C(OH)–C–C–N with tert-alkyl or cyclic N) is 1. The fourth-order valence-corrected chi connectivity index (χ4v) is 4.37. The molecular weight excluding hydrogens is 438 g/mol. The maximum Gasteiger partial charge on any atom is 0.238 e. The molecule has 1 heterocycles. The molecule has 0 saturated carbocycles. The summed E-state index contributed by atoms with van der Waals surface area (Å²) in [6.45, 7) is 6.44. The van der Waals surface area contributed by atoms with E-state index in [9.17, 15) is 9.90 Å². The van der Waals surface area contributed by atoms with Crippen LogP contribution in [-0.2, 0) is 9.53 Å². The normalized spacial score (nSPS) is 15.7. The highest BCUT2D eigenvalue weighted by molar-refractivity contribution is 5.92. The third kappa shape index (κ3) is 7.73. The maximum atomic E-state index is 12.4. The number of rotatable bonds is 10. The number of amides is 1. The molecule has 1 unspecified atom stereocenters. The molecule has 6 heteroatoms. The first-order chi connectivity index (χ1) is 17.1. The zero-order chi connectivity index (χ0) is 24.5. The van der Waals surface area contributed by atoms with Crippen LogP contribution in [0.25, 0.3) is 0 Å². The van der Waals surface area contributed by atoms with Crippen molar-refractivity contribution in [2.45, 2.75) is 19.1 Å². The summed E-state index contributed by atoms with van der Waals surface area (Å²) in [6, 6.07) is 28.1. The number of nitrogens with one attached hydrogen (secondary N) is 1. The molecule has 1 saturated heterocycles. The van der Waals surface area contributed by atoms with Crippen LogP contribution in [0.15, 0.2) is 84.9 Å². The van der Waals surface area contributed by atoms with Crippen LogP contribution in [0, 0.1) is 6.92 Å². The Labute approximate surface area is 208 Å². The molecule has 3 aromatic carbocycles. The maximum absolute atomic E-state index is 12.4. The Morgan fingerprint density at radius 3 is 1.97 bits per heavy atom. The van der Waals surface area contributed by atoms with Gasteiger partial charge in [0.1, 0.15) is 6.10 Å². The van der Waals surface area contributed by atoms with Gasteiger partial charge in [0.15, 0.2) is 0 Å². The van der Waals surface area contributed by atoms with E-state index in [1.807, 2.05) is 67.6 Å². The van der Waals surface area contributed by atoms with E-state index in [2.05, 4.69) is 39.4 Å². The molecule has 4 rings (SSSR count). The number of aliphatic hydroxyl groups excluding tert-OH is 1. The van der Waals surface area contributed by atoms with Gasteiger partial charge in [0.2, 0.25) is 5.91 Å². The summed E-state index contributed by atoms with van der Waals surface area (Å²) in [7, 11) is 0. The highest BCUT2D eigenvalue weighted by Crippen LogP contribution is 2.26. The van der Waals surface area contributed by atoms with E-state index in [4.69, 9.17) is 4.74 Å². The summed E-state index contributed by atoms with van der Waals surface area (Å²) in [4.78, 5) is 16.8. The fourth-order valence-electron chi connectivity index (χ4n) is 4.37. The Kier molecular flexibility index (Phi) is 9.03. The second-order valence-corrected chi connectivity index (χ2v) is 9.18. The van der Waals surface area contributed by atoms with E-state index in [0.29, 0.717) is 13.1 Å². The van der Waals surface area contributed by atoms with Crippen LogP contribution < -0.4 is 5.32 Å². The van der Waals surface area contributed by atoms with Crippen molar-refractivity contribution in [3.63, 3.8) is 0 Å². The van der Waals surface area contributed by atoms with Gasteiger partial charge in [-0.1, -0.05) is 78.4 Å². The lowest BCUT2D eigenvalue weighted by molar-refractivity contribution is -0.117. The predicted molar refractivity (Wildman–Crippen MR) is 139 cm³/mol. The van der Waals surface area contributed by atoms with Gasteiger partial charge in [-0.2, -0.15) is 0 Å². The van der Waals surface area contributed by atoms with Crippen molar-refractivity contribution in [2.24, 2.45) is 0 Å². The number of carbonyl (C=O) groups excluding carboxylic acids is 1. The molecule has 1 atom stereocenters. The smallest absolute Gasteiger partial charge is 0.238 e. The van der Waals surface area contributed by atoms with E-state index in [0.717, 1.165) is 43.0 Å². The van der Waals surface area contributed by atoms with Gasteiger partial charge < -0.3 is 15.2 Å². The summed E-state index contributed by atoms with van der Waals surface area (Å²) in [5.41, 5.74) is 4.14. The van der Waals surface area contributed by atoms with E-state index in [1.54, 1.807) is 0 Å². The number of ether oxygens (including phenoxy) is 1. The topological polar surface area (TPSA) is 65.0 Å². The highest BCUT2D eigenvalue weighted by atomic mass is 16.5. The SMILES string of the molecule is Cc1ccc(NC(=O)CN2CCN(CC(O)COC(c3ccccc3)c3ccccc3)CC2)cc1. The van der Waals surface area contributed by atoms with Crippen molar-refractivity contribution in [2.75, 3.05) is 51.2 Å². The lowest BCUT2D eigenvalue weighted by atomic mass is 10.0. The minimum atomic E-state index is -0.582. The summed E-state index contributed by atoms with van der Waals surface area (Å²) in [6.07, 6.45) is -0.794. The molecule has 3 aromatic rings. The van der Waals surface area contributed by atoms with E-state index < -0.39 is 6.10 Å². The molecule has 2 N–H and O–H groups in total. The first-order valence-electron chi connectivity index (χ1n) is 12.3. The first-order valence-corrected chi connectivity index (χ1v) is 12.3. The Hall–Kier alpha value is -3.03. The molecule has 1 aliphatic heterocycles. The third-order valence-corrected chi connectivity index (χ3v) is 6.30. The molecule has 35 heavy (non-hydrogen) atoms. The van der Waals surface area contributed by atoms with Gasteiger partial charge in [-0.3, -0.25) is 14.6 Å². The molecule has 0 bridgehead atoms. The van der Waals surface area contributed by atoms with Crippen LogP contribution in [0.3, 0.4) is 0 Å². The average molecular weight is 474 g/mol. The lowest BCUT2D eigenvalue weighted by Crippen LogP contribution is -2.50. The minimum absolute atomic E-state index is 0.00334. The number of anilines is 1. The van der Waals surface area contributed by atoms with Crippen molar-refractivity contribution in [3.05, 3.63) is 102 Å². The van der Waals surface area contributed by atoms with Gasteiger partial charge in [-0.15, -0.1) is 0 Å². The molecule has 1 amide bonds. The van der Waals surface area contributed by atoms with Crippen molar-refractivity contribution < 1.29 is 14.6 Å². The molecule has 0 radical (unpaired) electrons. The van der Waals surface area contributed by atoms with Crippen LogP contribution in [0.5, 0.6) is 0 Å². The van der Waals surface area contributed by atoms with E-state index in [-0.39, 0.29) is 18.6 Å². The zero-order valence-electron chi connectivity index (χ0n) is 20.3. The van der Waals surface area contributed by atoms with Crippen LogP contribution in [0.1, 0.15) is 22.8 Å². The Balaban J connectivity index is 1.21. The molecule has 6 nitrogen and oxygen atoms in total. The molecule has 0 aromatic heterocycles. The minimum Gasteiger partial charge on any atom is -0.389 e. The van der Waals surface area contributed by atoms with Crippen LogP contribution >= 0.6 is 0 Å². The largest absolute Gasteiger partial charge is 0.389 e. The summed E-state index contributed by atoms with van der Waals surface area (Å²) >= 11 is 0. The first kappa shape index (κ1) is 25.1. The van der Waals surface area contributed by atoms with Gasteiger partial charge in [0.25, 0.3) is 0 Å². The van der Waals surface area contributed by atoms with Crippen molar-refractivity contribution in [1.29, 1.82) is 0 Å².